The number of nitrogens with zero attached hydrogens (tertiary/aromatic N) is 1. The molecular formula is C11H13Br2NO2S2. The Labute approximate surface area is 132 Å². The van der Waals surface area contributed by atoms with Gasteiger partial charge in [-0.1, -0.05) is 17.8 Å². The van der Waals surface area contributed by atoms with Crippen LogP contribution >= 0.6 is 55.0 Å². The van der Waals surface area contributed by atoms with E-state index in [2.05, 4.69) is 49.4 Å². The van der Waals surface area contributed by atoms with E-state index in [1.54, 1.807) is 16.4 Å². The van der Waals surface area contributed by atoms with Gasteiger partial charge in [0.05, 0.1) is 13.2 Å². The summed E-state index contributed by atoms with van der Waals surface area (Å²) >= 11 is 10.3. The van der Waals surface area contributed by atoms with E-state index in [-0.39, 0.29) is 0 Å². The summed E-state index contributed by atoms with van der Waals surface area (Å²) in [6.07, 6.45) is 0.906. The first kappa shape index (κ1) is 14.9. The lowest BCUT2D eigenvalue weighted by molar-refractivity contribution is -0.197. The molecule has 2 heterocycles. The lowest BCUT2D eigenvalue weighted by Crippen LogP contribution is -2.38. The second-order valence-corrected chi connectivity index (χ2v) is 7.92. The second kappa shape index (κ2) is 6.76. The van der Waals surface area contributed by atoms with E-state index in [1.807, 2.05) is 12.3 Å². The van der Waals surface area contributed by atoms with Crippen molar-refractivity contribution in [1.82, 2.24) is 5.06 Å². The zero-order valence-electron chi connectivity index (χ0n) is 9.77. The SMILES string of the molecule is CCON1C(Br)=CSC1(Br)OCCc1cccs1. The third-order valence-corrected chi connectivity index (χ3v) is 6.02. The molecular weight excluding hydrogens is 402 g/mol. The van der Waals surface area contributed by atoms with Gasteiger partial charge in [-0.3, -0.25) is 4.84 Å². The zero-order chi connectivity index (χ0) is 13.0. The molecule has 0 saturated heterocycles. The fraction of sp³-hybridized carbons (Fsp3) is 0.455. The molecule has 0 aromatic carbocycles. The van der Waals surface area contributed by atoms with Crippen LogP contribution in [-0.4, -0.2) is 22.2 Å². The molecule has 18 heavy (non-hydrogen) atoms. The molecule has 0 fully saturated rings. The molecule has 1 aliphatic rings. The van der Waals surface area contributed by atoms with Crippen molar-refractivity contribution in [3.8, 4) is 0 Å². The Kier molecular flexibility index (Phi) is 5.59. The average molecular weight is 415 g/mol. The highest BCUT2D eigenvalue weighted by Crippen LogP contribution is 2.48. The van der Waals surface area contributed by atoms with Crippen LogP contribution in [0.3, 0.4) is 0 Å². The van der Waals surface area contributed by atoms with Crippen LogP contribution in [0, 0.1) is 0 Å². The predicted octanol–water partition coefficient (Wildman–Crippen LogP) is 4.51. The van der Waals surface area contributed by atoms with Crippen LogP contribution in [-0.2, 0) is 16.0 Å². The van der Waals surface area contributed by atoms with Gasteiger partial charge in [0.15, 0.2) is 0 Å². The van der Waals surface area contributed by atoms with Gasteiger partial charge in [-0.15, -0.1) is 11.3 Å². The van der Waals surface area contributed by atoms with Gasteiger partial charge in [0, 0.05) is 16.7 Å². The Morgan fingerprint density at radius 3 is 3.00 bits per heavy atom. The minimum Gasteiger partial charge on any atom is -0.335 e. The molecule has 0 aliphatic carbocycles. The van der Waals surface area contributed by atoms with Crippen molar-refractivity contribution in [2.75, 3.05) is 13.2 Å². The molecule has 1 aromatic heterocycles. The first-order valence-electron chi connectivity index (χ1n) is 5.47. The molecule has 2 rings (SSSR count). The van der Waals surface area contributed by atoms with E-state index in [0.717, 1.165) is 11.0 Å². The average Bonchev–Trinajstić information content (AvgIpc) is 2.94. The number of thiophene rings is 1. The second-order valence-electron chi connectivity index (χ2n) is 3.45. The number of ether oxygens (including phenoxy) is 1. The summed E-state index contributed by atoms with van der Waals surface area (Å²) in [5.41, 5.74) is 0. The van der Waals surface area contributed by atoms with Gasteiger partial charge < -0.3 is 4.74 Å². The highest BCUT2D eigenvalue weighted by Gasteiger charge is 2.42. The molecule has 0 amide bonds. The van der Waals surface area contributed by atoms with Gasteiger partial charge >= 0.3 is 0 Å². The molecule has 1 atom stereocenters. The van der Waals surface area contributed by atoms with Gasteiger partial charge in [0.1, 0.15) is 4.61 Å². The maximum absolute atomic E-state index is 5.90. The molecule has 0 radical (unpaired) electrons. The van der Waals surface area contributed by atoms with E-state index in [1.165, 1.54) is 16.6 Å². The van der Waals surface area contributed by atoms with Crippen LogP contribution in [0.15, 0.2) is 27.5 Å². The standard InChI is InChI=1S/C11H13Br2NO2S2/c1-2-16-14-10(12)8-18-11(14,13)15-6-5-9-4-3-7-17-9/h3-4,7-8H,2,5-6H2,1H3. The fourth-order valence-electron chi connectivity index (χ4n) is 1.44. The van der Waals surface area contributed by atoms with Crippen molar-refractivity contribution < 1.29 is 9.57 Å². The van der Waals surface area contributed by atoms with E-state index in [0.29, 0.717) is 13.2 Å². The summed E-state index contributed by atoms with van der Waals surface area (Å²) in [6, 6.07) is 4.17. The number of hydrogen-bond donors (Lipinski definition) is 0. The van der Waals surface area contributed by atoms with Gasteiger partial charge in [-0.25, -0.2) is 0 Å². The van der Waals surface area contributed by atoms with Crippen molar-refractivity contribution in [1.29, 1.82) is 0 Å². The third kappa shape index (κ3) is 3.52. The van der Waals surface area contributed by atoms with Gasteiger partial charge in [0.25, 0.3) is 3.97 Å². The van der Waals surface area contributed by atoms with Gasteiger partial charge in [0.2, 0.25) is 0 Å². The lowest BCUT2D eigenvalue weighted by Gasteiger charge is -2.32. The van der Waals surface area contributed by atoms with Crippen LogP contribution in [0.4, 0.5) is 0 Å². The van der Waals surface area contributed by atoms with E-state index < -0.39 is 3.97 Å². The topological polar surface area (TPSA) is 21.7 Å². The summed E-state index contributed by atoms with van der Waals surface area (Å²) in [6.45, 7) is 3.17. The van der Waals surface area contributed by atoms with Crippen LogP contribution in [0.5, 0.6) is 0 Å². The minimum atomic E-state index is -0.668. The van der Waals surface area contributed by atoms with E-state index in [4.69, 9.17) is 9.57 Å². The number of thioether (sulfide) groups is 1. The molecule has 0 saturated carbocycles. The molecule has 0 spiro atoms. The number of hydroxylamine groups is 2. The molecule has 3 nitrogen and oxygen atoms in total. The van der Waals surface area contributed by atoms with Crippen LogP contribution < -0.4 is 0 Å². The van der Waals surface area contributed by atoms with E-state index in [9.17, 15) is 0 Å². The number of alkyl halides is 1. The summed E-state index contributed by atoms with van der Waals surface area (Å²) in [4.78, 5) is 6.87. The lowest BCUT2D eigenvalue weighted by atomic mass is 10.4. The highest BCUT2D eigenvalue weighted by molar-refractivity contribution is 9.12. The summed E-state index contributed by atoms with van der Waals surface area (Å²) in [5, 5.41) is 5.73. The zero-order valence-corrected chi connectivity index (χ0v) is 14.6. The Hall–Kier alpha value is 0.470. The number of halogens is 2. The summed E-state index contributed by atoms with van der Waals surface area (Å²) in [7, 11) is 0. The highest BCUT2D eigenvalue weighted by atomic mass is 79.9. The fourth-order valence-corrected chi connectivity index (χ4v) is 4.59. The Bertz CT molecular complexity index is 413. The first-order valence-corrected chi connectivity index (χ1v) is 8.82. The first-order chi connectivity index (χ1) is 8.65. The molecule has 0 N–H and O–H groups in total. The largest absolute Gasteiger partial charge is 0.335 e. The summed E-state index contributed by atoms with van der Waals surface area (Å²) in [5.74, 6) is 0. The van der Waals surface area contributed by atoms with Crippen molar-refractivity contribution in [2.24, 2.45) is 0 Å². The van der Waals surface area contributed by atoms with Crippen LogP contribution in [0.1, 0.15) is 11.8 Å². The van der Waals surface area contributed by atoms with Crippen molar-refractivity contribution >= 4 is 55.0 Å². The number of rotatable bonds is 6. The maximum Gasteiger partial charge on any atom is 0.275 e. The Morgan fingerprint density at radius 1 is 1.50 bits per heavy atom. The quantitative estimate of drug-likeness (QED) is 0.504. The van der Waals surface area contributed by atoms with Gasteiger partial charge in [-0.05, 0) is 50.2 Å². The predicted molar refractivity (Wildman–Crippen MR) is 83.7 cm³/mol. The summed E-state index contributed by atoms with van der Waals surface area (Å²) < 4.78 is 6.10. The van der Waals surface area contributed by atoms with Crippen molar-refractivity contribution in [3.05, 3.63) is 32.4 Å². The third-order valence-electron chi connectivity index (χ3n) is 2.20. The number of hydrogen-bond acceptors (Lipinski definition) is 5. The monoisotopic (exact) mass is 413 g/mol. The smallest absolute Gasteiger partial charge is 0.275 e. The molecule has 1 aromatic rings. The molecule has 0 bridgehead atoms. The van der Waals surface area contributed by atoms with Crippen molar-refractivity contribution in [2.45, 2.75) is 17.3 Å². The van der Waals surface area contributed by atoms with E-state index >= 15 is 0 Å². The molecule has 1 unspecified atom stereocenters. The van der Waals surface area contributed by atoms with Gasteiger partial charge in [-0.2, -0.15) is 5.06 Å². The molecule has 7 heteroatoms. The Morgan fingerprint density at radius 2 is 2.33 bits per heavy atom. The van der Waals surface area contributed by atoms with Crippen molar-refractivity contribution in [3.63, 3.8) is 0 Å². The molecule has 100 valence electrons. The normalized spacial score (nSPS) is 23.5. The Balaban J connectivity index is 1.87. The minimum absolute atomic E-state index is 0.588. The molecule has 1 aliphatic heterocycles. The van der Waals surface area contributed by atoms with Crippen LogP contribution in [0.2, 0.25) is 0 Å². The van der Waals surface area contributed by atoms with Crippen LogP contribution in [0.25, 0.3) is 0 Å². The maximum atomic E-state index is 5.90.